The maximum Gasteiger partial charge on any atom is 0.211 e. The minimum absolute atomic E-state index is 0.513. The van der Waals surface area contributed by atoms with Gasteiger partial charge in [0.15, 0.2) is 0 Å². The first-order valence-electron chi connectivity index (χ1n) is 11.5. The van der Waals surface area contributed by atoms with Crippen LogP contribution < -0.4 is 21.1 Å². The molecular weight excluding hydrogens is 454 g/mol. The van der Waals surface area contributed by atoms with Gasteiger partial charge in [0.25, 0.3) is 0 Å². The average molecular weight is 486 g/mol. The van der Waals surface area contributed by atoms with Crippen LogP contribution in [0.2, 0.25) is 0 Å². The van der Waals surface area contributed by atoms with Gasteiger partial charge in [0.2, 0.25) is 19.9 Å². The Kier molecular flexibility index (Phi) is 7.61. The second-order valence-corrected chi connectivity index (χ2v) is 9.87. The quantitative estimate of drug-likeness (QED) is 0.281. The van der Waals surface area contributed by atoms with Crippen LogP contribution in [0.4, 0.5) is 21.9 Å². The van der Waals surface area contributed by atoms with Gasteiger partial charge in [-0.1, -0.05) is 86.5 Å². The Morgan fingerprint density at radius 3 is 1.67 bits per heavy atom. The van der Waals surface area contributed by atoms with Crippen LogP contribution in [0, 0.1) is 0 Å². The summed E-state index contributed by atoms with van der Waals surface area (Å²) in [6.07, 6.45) is 6.69. The molecule has 0 aliphatic heterocycles. The summed E-state index contributed by atoms with van der Waals surface area (Å²) < 4.78 is 3.79. The van der Waals surface area contributed by atoms with Crippen LogP contribution in [0.3, 0.4) is 0 Å². The molecule has 11 heteroatoms. The van der Waals surface area contributed by atoms with E-state index in [0.29, 0.717) is 10.3 Å². The average Bonchev–Trinajstić information content (AvgIpc) is 3.45. The maximum atomic E-state index is 6.00. The fourth-order valence-electron chi connectivity index (χ4n) is 3.64. The van der Waals surface area contributed by atoms with E-state index in [2.05, 4.69) is 29.0 Å². The van der Waals surface area contributed by atoms with Crippen LogP contribution in [-0.4, -0.2) is 24.5 Å². The molecule has 0 aliphatic rings. The second kappa shape index (κ2) is 10.8. The zero-order chi connectivity index (χ0) is 23.2. The highest BCUT2D eigenvalue weighted by Crippen LogP contribution is 2.33. The van der Waals surface area contributed by atoms with Gasteiger partial charge in [0.1, 0.15) is 11.6 Å². The number of nitrogens with zero attached hydrogens (tertiary/aromatic N) is 6. The number of aromatic nitrogens is 5. The number of nitrogen functional groups attached to an aromatic ring is 2. The Balaban J connectivity index is 1.77. The summed E-state index contributed by atoms with van der Waals surface area (Å²) in [5.74, 6) is 1.49. The Hall–Kier alpha value is -2.92. The lowest BCUT2D eigenvalue weighted by Gasteiger charge is -1.99. The standard InChI is InChI=1S/C22H31N9S2/c1-3-5-9-13-30-21(32-19(23)28-30)26-17-15-11-7-8-12-16(15)18(25-17)27-22-31(14-10-6-4-2)29-20(24)33-22/h7-8,11-12,25H,3-6,9-10,13-14H2,1-2H3,(H2,23,28)(H2,24,29). The SMILES string of the molecule is CCCCCn1nc(N)sc1=Nc1[nH]c(N=c2sc(N)nn2CCCCC)c2ccccc12. The number of unbranched alkanes of at least 4 members (excludes halogenated alkanes) is 4. The van der Waals surface area contributed by atoms with Crippen molar-refractivity contribution in [3.05, 3.63) is 33.9 Å². The van der Waals surface area contributed by atoms with Crippen molar-refractivity contribution in [3.8, 4) is 0 Å². The number of H-pyrrole nitrogens is 1. The highest BCUT2D eigenvalue weighted by Gasteiger charge is 2.11. The number of hydrogen-bond donors (Lipinski definition) is 3. The minimum Gasteiger partial charge on any atom is -0.374 e. The van der Waals surface area contributed by atoms with Crippen molar-refractivity contribution in [2.45, 2.75) is 65.5 Å². The van der Waals surface area contributed by atoms with Crippen molar-refractivity contribution in [2.75, 3.05) is 11.5 Å². The predicted molar refractivity (Wildman–Crippen MR) is 137 cm³/mol. The molecule has 33 heavy (non-hydrogen) atoms. The molecule has 4 aromatic rings. The van der Waals surface area contributed by atoms with E-state index < -0.39 is 0 Å². The Labute approximate surface area is 200 Å². The molecule has 0 saturated heterocycles. The van der Waals surface area contributed by atoms with Crippen LogP contribution in [0.1, 0.15) is 52.4 Å². The van der Waals surface area contributed by atoms with E-state index in [1.54, 1.807) is 0 Å². The van der Waals surface area contributed by atoms with Gasteiger partial charge in [-0.15, -0.1) is 10.2 Å². The molecule has 0 radical (unpaired) electrons. The number of hydrogen-bond acceptors (Lipinski definition) is 8. The van der Waals surface area contributed by atoms with E-state index in [0.717, 1.165) is 83.6 Å². The van der Waals surface area contributed by atoms with Gasteiger partial charge in [-0.25, -0.2) is 19.3 Å². The Morgan fingerprint density at radius 2 is 1.24 bits per heavy atom. The molecule has 0 atom stereocenters. The summed E-state index contributed by atoms with van der Waals surface area (Å²) >= 11 is 2.78. The molecule has 5 N–H and O–H groups in total. The number of nitrogens with two attached hydrogens (primary N) is 2. The lowest BCUT2D eigenvalue weighted by Crippen LogP contribution is -2.16. The number of nitrogens with one attached hydrogen (secondary N) is 1. The molecule has 4 rings (SSSR count). The molecule has 0 fully saturated rings. The van der Waals surface area contributed by atoms with Crippen molar-refractivity contribution in [1.82, 2.24) is 24.5 Å². The van der Waals surface area contributed by atoms with Gasteiger partial charge >= 0.3 is 0 Å². The van der Waals surface area contributed by atoms with Crippen molar-refractivity contribution < 1.29 is 0 Å². The zero-order valence-corrected chi connectivity index (χ0v) is 20.8. The largest absolute Gasteiger partial charge is 0.374 e. The highest BCUT2D eigenvalue weighted by atomic mass is 32.1. The van der Waals surface area contributed by atoms with E-state index >= 15 is 0 Å². The van der Waals surface area contributed by atoms with Gasteiger partial charge in [0, 0.05) is 23.9 Å². The molecule has 0 aliphatic carbocycles. The first-order valence-corrected chi connectivity index (χ1v) is 13.1. The van der Waals surface area contributed by atoms with E-state index in [1.807, 2.05) is 33.6 Å². The van der Waals surface area contributed by atoms with E-state index in [9.17, 15) is 0 Å². The Morgan fingerprint density at radius 1 is 0.788 bits per heavy atom. The number of fused-ring (bicyclic) bond motifs is 1. The number of rotatable bonds is 10. The lowest BCUT2D eigenvalue weighted by atomic mass is 10.2. The van der Waals surface area contributed by atoms with E-state index in [1.165, 1.54) is 22.7 Å². The molecule has 9 nitrogen and oxygen atoms in total. The number of anilines is 2. The lowest BCUT2D eigenvalue weighted by molar-refractivity contribution is 0.539. The fourth-order valence-corrected chi connectivity index (χ4v) is 5.04. The van der Waals surface area contributed by atoms with Crippen LogP contribution in [-0.2, 0) is 13.1 Å². The third-order valence-electron chi connectivity index (χ3n) is 5.31. The molecule has 1 aromatic carbocycles. The summed E-state index contributed by atoms with van der Waals surface area (Å²) in [6.45, 7) is 5.97. The van der Waals surface area contributed by atoms with Gasteiger partial charge < -0.3 is 16.5 Å². The molecule has 0 bridgehead atoms. The third-order valence-corrected chi connectivity index (χ3v) is 6.86. The summed E-state index contributed by atoms with van der Waals surface area (Å²) in [6, 6.07) is 8.10. The molecule has 176 valence electrons. The third kappa shape index (κ3) is 5.53. The van der Waals surface area contributed by atoms with E-state index in [4.69, 9.17) is 21.5 Å². The van der Waals surface area contributed by atoms with Crippen LogP contribution in [0.25, 0.3) is 10.8 Å². The first kappa shape index (κ1) is 23.2. The first-order chi connectivity index (χ1) is 16.1. The smallest absolute Gasteiger partial charge is 0.211 e. The summed E-state index contributed by atoms with van der Waals surface area (Å²) in [4.78, 5) is 14.8. The van der Waals surface area contributed by atoms with Crippen molar-refractivity contribution in [2.24, 2.45) is 9.98 Å². The molecule has 0 spiro atoms. The number of benzene rings is 1. The normalized spacial score (nSPS) is 12.9. The highest BCUT2D eigenvalue weighted by molar-refractivity contribution is 7.13. The summed E-state index contributed by atoms with van der Waals surface area (Å²) in [5.41, 5.74) is 12.0. The molecule has 0 amide bonds. The summed E-state index contributed by atoms with van der Waals surface area (Å²) in [7, 11) is 0. The van der Waals surface area contributed by atoms with Crippen molar-refractivity contribution >= 4 is 55.3 Å². The van der Waals surface area contributed by atoms with E-state index in [-0.39, 0.29) is 0 Å². The van der Waals surface area contributed by atoms with Crippen molar-refractivity contribution in [3.63, 3.8) is 0 Å². The summed E-state index contributed by atoms with van der Waals surface area (Å²) in [5, 5.41) is 11.9. The van der Waals surface area contributed by atoms with Crippen LogP contribution in [0.15, 0.2) is 34.3 Å². The Bertz CT molecular complexity index is 1240. The maximum absolute atomic E-state index is 6.00. The van der Waals surface area contributed by atoms with Gasteiger partial charge in [-0.3, -0.25) is 0 Å². The molecule has 3 aromatic heterocycles. The predicted octanol–water partition coefficient (Wildman–Crippen LogP) is 4.69. The second-order valence-electron chi connectivity index (χ2n) is 7.90. The topological polar surface area (TPSA) is 128 Å². The van der Waals surface area contributed by atoms with Crippen LogP contribution >= 0.6 is 22.7 Å². The van der Waals surface area contributed by atoms with Gasteiger partial charge in [-0.05, 0) is 12.8 Å². The van der Waals surface area contributed by atoms with Crippen LogP contribution in [0.5, 0.6) is 0 Å². The molecular formula is C22H31N9S2. The fraction of sp³-hybridized carbons (Fsp3) is 0.455. The molecule has 0 unspecified atom stereocenters. The van der Waals surface area contributed by atoms with Gasteiger partial charge in [-0.2, -0.15) is 0 Å². The molecule has 0 saturated carbocycles. The van der Waals surface area contributed by atoms with Crippen molar-refractivity contribution in [1.29, 1.82) is 0 Å². The monoisotopic (exact) mass is 485 g/mol. The number of aryl methyl sites for hydroxylation is 2. The molecule has 3 heterocycles. The number of aromatic amines is 1. The zero-order valence-electron chi connectivity index (χ0n) is 19.1. The van der Waals surface area contributed by atoms with Gasteiger partial charge in [0.05, 0.1) is 0 Å². The minimum atomic E-state index is 0.513.